The average molecular weight is 558 g/mol. The van der Waals surface area contributed by atoms with E-state index in [4.69, 9.17) is 0 Å². The number of halogens is 3. The first-order valence-electron chi connectivity index (χ1n) is 14.3. The van der Waals surface area contributed by atoms with Crippen LogP contribution >= 0.6 is 0 Å². The second kappa shape index (κ2) is 13.9. The van der Waals surface area contributed by atoms with Gasteiger partial charge in [0.05, 0.1) is 18.2 Å². The van der Waals surface area contributed by atoms with Gasteiger partial charge in [-0.05, 0) is 49.3 Å². The van der Waals surface area contributed by atoms with Crippen LogP contribution in [0.1, 0.15) is 85.7 Å². The van der Waals surface area contributed by atoms with Crippen molar-refractivity contribution in [2.75, 3.05) is 19.6 Å². The highest BCUT2D eigenvalue weighted by Crippen LogP contribution is 2.31. The van der Waals surface area contributed by atoms with Crippen molar-refractivity contribution in [3.8, 4) is 0 Å². The molecule has 2 aromatic rings. The van der Waals surface area contributed by atoms with E-state index in [1.165, 1.54) is 12.1 Å². The smallest absolute Gasteiger partial charge is 0.254 e. The van der Waals surface area contributed by atoms with Gasteiger partial charge >= 0.3 is 0 Å². The number of amides is 2. The quantitative estimate of drug-likeness (QED) is 0.418. The highest BCUT2D eigenvalue weighted by molar-refractivity contribution is 5.98. The summed E-state index contributed by atoms with van der Waals surface area (Å²) in [5.41, 5.74) is 0.547. The fourth-order valence-electron chi connectivity index (χ4n) is 5.95. The van der Waals surface area contributed by atoms with Crippen LogP contribution in [-0.4, -0.2) is 48.2 Å². The molecule has 4 rings (SSSR count). The first kappa shape index (κ1) is 29.8. The zero-order chi connectivity index (χ0) is 28.6. The molecule has 1 saturated heterocycles. The number of Topliss-reactive ketones (excluding diaryl/α,β-unsaturated/α-hetero) is 1. The molecule has 6 nitrogen and oxygen atoms in total. The number of hydrogen-bond donors (Lipinski definition) is 2. The predicted octanol–water partition coefficient (Wildman–Crippen LogP) is 5.26. The summed E-state index contributed by atoms with van der Waals surface area (Å²) in [5.74, 6) is -2.99. The van der Waals surface area contributed by atoms with Crippen LogP contribution in [0.2, 0.25) is 0 Å². The second-order valence-corrected chi connectivity index (χ2v) is 10.9. The van der Waals surface area contributed by atoms with Crippen LogP contribution in [0, 0.1) is 23.4 Å². The van der Waals surface area contributed by atoms with Crippen LogP contribution in [0.15, 0.2) is 36.4 Å². The molecule has 1 heterocycles. The molecule has 0 bridgehead atoms. The van der Waals surface area contributed by atoms with Crippen molar-refractivity contribution in [2.45, 2.75) is 76.8 Å². The molecule has 2 atom stereocenters. The summed E-state index contributed by atoms with van der Waals surface area (Å²) in [6.45, 7) is 2.63. The number of nitrogens with one attached hydrogen (secondary N) is 2. The number of hydrogen-bond acceptors (Lipinski definition) is 4. The average Bonchev–Trinajstić information content (AvgIpc) is 2.97. The second-order valence-electron chi connectivity index (χ2n) is 10.9. The first-order valence-corrected chi connectivity index (χ1v) is 14.3. The van der Waals surface area contributed by atoms with Gasteiger partial charge in [-0.15, -0.1) is 0 Å². The molecule has 2 fully saturated rings. The molecule has 216 valence electrons. The molecule has 0 spiro atoms. The Morgan fingerprint density at radius 3 is 2.50 bits per heavy atom. The van der Waals surface area contributed by atoms with Gasteiger partial charge in [-0.1, -0.05) is 44.4 Å². The van der Waals surface area contributed by atoms with Gasteiger partial charge in [0, 0.05) is 43.6 Å². The van der Waals surface area contributed by atoms with Crippen molar-refractivity contribution < 1.29 is 27.6 Å². The number of rotatable bonds is 10. The molecule has 2 unspecified atom stereocenters. The third kappa shape index (κ3) is 7.30. The standard InChI is InChI=1S/C31H38F3N3O3/c1-2-27(38)30(20-8-4-3-5-9-20)36-31(40)25-12-6-11-24(29(25)34)22-10-7-15-37(19-22)28(39)18-35-17-21-13-14-23(32)16-26(21)33/h6,11-14,16,20,22,30,35H,2-5,7-10,15,17-19H2,1H3,(H,36,40). The first-order chi connectivity index (χ1) is 19.3. The maximum atomic E-state index is 15.7. The summed E-state index contributed by atoms with van der Waals surface area (Å²) in [6.07, 6.45) is 6.56. The van der Waals surface area contributed by atoms with Gasteiger partial charge in [-0.3, -0.25) is 14.4 Å². The zero-order valence-electron chi connectivity index (χ0n) is 23.0. The molecule has 2 aromatic carbocycles. The number of benzene rings is 2. The molecule has 2 aliphatic rings. The molecular formula is C31H38F3N3O3. The predicted molar refractivity (Wildman–Crippen MR) is 146 cm³/mol. The van der Waals surface area contributed by atoms with E-state index in [0.29, 0.717) is 37.9 Å². The van der Waals surface area contributed by atoms with Crippen molar-refractivity contribution in [3.63, 3.8) is 0 Å². The summed E-state index contributed by atoms with van der Waals surface area (Å²) in [4.78, 5) is 40.4. The number of likely N-dealkylation sites (tertiary alicyclic amines) is 1. The van der Waals surface area contributed by atoms with E-state index in [-0.39, 0.29) is 47.7 Å². The van der Waals surface area contributed by atoms with Crippen molar-refractivity contribution in [1.82, 2.24) is 15.5 Å². The van der Waals surface area contributed by atoms with Crippen LogP contribution in [0.3, 0.4) is 0 Å². The van der Waals surface area contributed by atoms with E-state index in [9.17, 15) is 23.2 Å². The van der Waals surface area contributed by atoms with Crippen LogP contribution < -0.4 is 10.6 Å². The third-order valence-corrected chi connectivity index (χ3v) is 8.20. The van der Waals surface area contributed by atoms with E-state index in [2.05, 4.69) is 10.6 Å². The van der Waals surface area contributed by atoms with Gasteiger partial charge in [0.25, 0.3) is 5.91 Å². The van der Waals surface area contributed by atoms with Gasteiger partial charge in [-0.2, -0.15) is 0 Å². The van der Waals surface area contributed by atoms with E-state index >= 15 is 4.39 Å². The van der Waals surface area contributed by atoms with Crippen molar-refractivity contribution in [1.29, 1.82) is 0 Å². The highest BCUT2D eigenvalue weighted by Gasteiger charge is 2.32. The van der Waals surface area contributed by atoms with Crippen LogP contribution in [0.25, 0.3) is 0 Å². The Kier molecular flexibility index (Phi) is 10.4. The molecular weight excluding hydrogens is 519 g/mol. The van der Waals surface area contributed by atoms with Crippen molar-refractivity contribution in [2.24, 2.45) is 5.92 Å². The van der Waals surface area contributed by atoms with Gasteiger partial charge in [-0.25, -0.2) is 13.2 Å². The lowest BCUT2D eigenvalue weighted by Crippen LogP contribution is -2.46. The topological polar surface area (TPSA) is 78.5 Å². The minimum atomic E-state index is -0.679. The lowest BCUT2D eigenvalue weighted by molar-refractivity contribution is -0.131. The van der Waals surface area contributed by atoms with Crippen LogP contribution in [0.5, 0.6) is 0 Å². The fraction of sp³-hybridized carbons (Fsp3) is 0.516. The summed E-state index contributed by atoms with van der Waals surface area (Å²) in [6, 6.07) is 7.42. The summed E-state index contributed by atoms with van der Waals surface area (Å²) in [7, 11) is 0. The zero-order valence-corrected chi connectivity index (χ0v) is 23.0. The summed E-state index contributed by atoms with van der Waals surface area (Å²) in [5, 5.41) is 5.75. The van der Waals surface area contributed by atoms with Gasteiger partial charge in [0.1, 0.15) is 17.5 Å². The number of carbonyl (C=O) groups excluding carboxylic acids is 3. The molecule has 0 radical (unpaired) electrons. The molecule has 1 saturated carbocycles. The fourth-order valence-corrected chi connectivity index (χ4v) is 5.95. The summed E-state index contributed by atoms with van der Waals surface area (Å²) < 4.78 is 42.7. The number of nitrogens with zero attached hydrogens (tertiary/aromatic N) is 1. The van der Waals surface area contributed by atoms with Crippen LogP contribution in [0.4, 0.5) is 13.2 Å². The third-order valence-electron chi connectivity index (χ3n) is 8.20. The molecule has 40 heavy (non-hydrogen) atoms. The highest BCUT2D eigenvalue weighted by atomic mass is 19.1. The van der Waals surface area contributed by atoms with Crippen molar-refractivity contribution in [3.05, 3.63) is 70.5 Å². The Bertz CT molecular complexity index is 1220. The van der Waals surface area contributed by atoms with Gasteiger partial charge < -0.3 is 15.5 Å². The van der Waals surface area contributed by atoms with E-state index in [0.717, 1.165) is 44.2 Å². The largest absolute Gasteiger partial charge is 0.342 e. The lowest BCUT2D eigenvalue weighted by atomic mass is 9.81. The minimum absolute atomic E-state index is 0.0333. The Morgan fingerprint density at radius 1 is 1.00 bits per heavy atom. The minimum Gasteiger partial charge on any atom is -0.342 e. The lowest BCUT2D eigenvalue weighted by Gasteiger charge is -2.33. The SMILES string of the molecule is CCC(=O)C(NC(=O)c1cccc(C2CCCN(C(=O)CNCc3ccc(F)cc3F)C2)c1F)C1CCCCC1. The van der Waals surface area contributed by atoms with Gasteiger partial charge in [0.15, 0.2) is 5.78 Å². The number of ketones is 1. The molecule has 1 aliphatic heterocycles. The Balaban J connectivity index is 1.39. The molecule has 2 amide bonds. The van der Waals surface area contributed by atoms with Crippen LogP contribution in [-0.2, 0) is 16.1 Å². The Labute approximate surface area is 233 Å². The number of carbonyl (C=O) groups is 3. The monoisotopic (exact) mass is 557 g/mol. The van der Waals surface area contributed by atoms with E-state index in [1.807, 2.05) is 0 Å². The van der Waals surface area contributed by atoms with Gasteiger partial charge in [0.2, 0.25) is 5.91 Å². The Morgan fingerprint density at radius 2 is 1.77 bits per heavy atom. The maximum absolute atomic E-state index is 15.7. The molecule has 9 heteroatoms. The maximum Gasteiger partial charge on any atom is 0.254 e. The van der Waals surface area contributed by atoms with Crippen molar-refractivity contribution >= 4 is 17.6 Å². The number of piperidine rings is 1. The van der Waals surface area contributed by atoms with E-state index < -0.39 is 29.4 Å². The van der Waals surface area contributed by atoms with E-state index in [1.54, 1.807) is 24.0 Å². The molecule has 1 aliphatic carbocycles. The molecule has 0 aromatic heterocycles. The molecule has 2 N–H and O–H groups in total. The Hall–Kier alpha value is -3.20. The summed E-state index contributed by atoms with van der Waals surface area (Å²) >= 11 is 0. The normalized spacial score (nSPS) is 18.8.